The fourth-order valence-corrected chi connectivity index (χ4v) is 8.10. The molecule has 1 aromatic heterocycles. The van der Waals surface area contributed by atoms with Crippen molar-refractivity contribution < 1.29 is 17.9 Å². The third kappa shape index (κ3) is 7.60. The number of azo groups is 1. The van der Waals surface area contributed by atoms with Crippen molar-refractivity contribution in [1.82, 2.24) is 9.88 Å². The predicted octanol–water partition coefficient (Wildman–Crippen LogP) is 8.30. The van der Waals surface area contributed by atoms with E-state index < -0.39 is 20.9 Å². The van der Waals surface area contributed by atoms with Crippen LogP contribution in [0.4, 0.5) is 10.6 Å². The number of sulfonamides is 1. The summed E-state index contributed by atoms with van der Waals surface area (Å²) in [4.78, 5) is 19.1. The molecule has 1 saturated carbocycles. The fourth-order valence-electron chi connectivity index (χ4n) is 6.56. The summed E-state index contributed by atoms with van der Waals surface area (Å²) < 4.78 is 34.4. The van der Waals surface area contributed by atoms with Crippen LogP contribution in [0.3, 0.4) is 0 Å². The smallest absolute Gasteiger partial charge is 0.363 e. The Labute approximate surface area is 273 Å². The number of hydrogen-bond donors (Lipinski definition) is 1. The molecule has 1 aliphatic carbocycles. The number of hydrogen-bond acceptors (Lipinski definition) is 6. The number of ether oxygens (including phenoxy) is 1. The molecule has 9 nitrogen and oxygen atoms in total. The van der Waals surface area contributed by atoms with Crippen molar-refractivity contribution in [3.8, 4) is 17.0 Å². The standard InChI is InChI=1S/C36H47N5O4S/c1-6-41-34(42)38-40-36(41,25-27-16-20-29(21-17-27)35(2,3)4)24-10-11-26-14-18-28(19-15-26)31-22-23-32(45-5)33(37-31)39-46(43,44)30-12-8-7-9-13-30/h14-23,30H,6-13,24-25H2,1-5H3,(H,37,39). The molecule has 1 N–H and O–H groups in total. The van der Waals surface area contributed by atoms with Crippen molar-refractivity contribution in [1.29, 1.82) is 0 Å². The maximum absolute atomic E-state index is 13.1. The van der Waals surface area contributed by atoms with Crippen LogP contribution in [0.1, 0.15) is 89.3 Å². The first-order valence-electron chi connectivity index (χ1n) is 16.4. The number of rotatable bonds is 12. The van der Waals surface area contributed by atoms with Gasteiger partial charge >= 0.3 is 6.03 Å². The van der Waals surface area contributed by atoms with Gasteiger partial charge in [-0.25, -0.2) is 18.2 Å². The Bertz CT molecular complexity index is 1640. The number of aryl methyl sites for hydroxylation is 1. The van der Waals surface area contributed by atoms with E-state index in [-0.39, 0.29) is 17.3 Å². The molecule has 2 heterocycles. The summed E-state index contributed by atoms with van der Waals surface area (Å²) in [5, 5.41) is 8.15. The Morgan fingerprint density at radius 1 is 0.957 bits per heavy atom. The molecule has 246 valence electrons. The van der Waals surface area contributed by atoms with Crippen LogP contribution in [0.25, 0.3) is 11.3 Å². The summed E-state index contributed by atoms with van der Waals surface area (Å²) in [6, 6.07) is 20.1. The Balaban J connectivity index is 1.26. The lowest BCUT2D eigenvalue weighted by Crippen LogP contribution is -2.47. The van der Waals surface area contributed by atoms with E-state index in [0.29, 0.717) is 43.7 Å². The lowest BCUT2D eigenvalue weighted by Gasteiger charge is -2.34. The van der Waals surface area contributed by atoms with E-state index in [2.05, 4.69) is 77.1 Å². The number of aromatic nitrogens is 1. The zero-order chi connectivity index (χ0) is 33.0. The average Bonchev–Trinajstić information content (AvgIpc) is 3.35. The van der Waals surface area contributed by atoms with E-state index in [4.69, 9.17) is 4.74 Å². The molecule has 1 unspecified atom stereocenters. The first-order chi connectivity index (χ1) is 21.9. The first kappa shape index (κ1) is 33.6. The number of urea groups is 1. The van der Waals surface area contributed by atoms with Crippen molar-refractivity contribution in [2.45, 2.75) is 102 Å². The minimum absolute atomic E-state index is 0.0715. The van der Waals surface area contributed by atoms with E-state index in [0.717, 1.165) is 48.8 Å². The van der Waals surface area contributed by atoms with Gasteiger partial charge in [-0.15, -0.1) is 0 Å². The number of anilines is 1. The Hall–Kier alpha value is -3.79. The van der Waals surface area contributed by atoms with Gasteiger partial charge in [-0.05, 0) is 73.3 Å². The van der Waals surface area contributed by atoms with Crippen LogP contribution in [0, 0.1) is 0 Å². The van der Waals surface area contributed by atoms with Crippen molar-refractivity contribution >= 4 is 21.9 Å². The van der Waals surface area contributed by atoms with Crippen molar-refractivity contribution in [2.24, 2.45) is 10.2 Å². The van der Waals surface area contributed by atoms with Gasteiger partial charge in [0.05, 0.1) is 18.1 Å². The van der Waals surface area contributed by atoms with Gasteiger partial charge in [0, 0.05) is 18.5 Å². The van der Waals surface area contributed by atoms with Crippen LogP contribution in [0.15, 0.2) is 70.9 Å². The van der Waals surface area contributed by atoms with E-state index in [1.807, 2.05) is 25.1 Å². The molecular weight excluding hydrogens is 598 g/mol. The maximum Gasteiger partial charge on any atom is 0.363 e. The molecular formula is C36H47N5O4S. The number of nitrogens with one attached hydrogen (secondary N) is 1. The second-order valence-electron chi connectivity index (χ2n) is 13.5. The number of likely N-dealkylation sites (N-methyl/N-ethyl adjacent to an activating group) is 1. The highest BCUT2D eigenvalue weighted by molar-refractivity contribution is 7.93. The Morgan fingerprint density at radius 2 is 1.63 bits per heavy atom. The minimum Gasteiger partial charge on any atom is -0.493 e. The van der Waals surface area contributed by atoms with Gasteiger partial charge in [0.2, 0.25) is 10.0 Å². The van der Waals surface area contributed by atoms with Gasteiger partial charge in [-0.2, -0.15) is 5.11 Å². The van der Waals surface area contributed by atoms with Crippen LogP contribution in [-0.2, 0) is 28.3 Å². The summed E-state index contributed by atoms with van der Waals surface area (Å²) in [5.74, 6) is 0.608. The monoisotopic (exact) mass is 645 g/mol. The molecule has 1 aliphatic heterocycles. The summed E-state index contributed by atoms with van der Waals surface area (Å²) in [5.41, 5.74) is 4.49. The summed E-state index contributed by atoms with van der Waals surface area (Å²) >= 11 is 0. The van der Waals surface area contributed by atoms with Gasteiger partial charge in [-0.1, -0.05) is 93.7 Å². The highest BCUT2D eigenvalue weighted by Crippen LogP contribution is 2.35. The normalized spacial score (nSPS) is 19.1. The summed E-state index contributed by atoms with van der Waals surface area (Å²) in [6.07, 6.45) is 7.22. The number of benzene rings is 2. The molecule has 10 heteroatoms. The Morgan fingerprint density at radius 3 is 2.26 bits per heavy atom. The molecule has 0 saturated heterocycles. The highest BCUT2D eigenvalue weighted by Gasteiger charge is 2.43. The van der Waals surface area contributed by atoms with E-state index in [1.165, 1.54) is 12.7 Å². The van der Waals surface area contributed by atoms with Gasteiger partial charge in [-0.3, -0.25) is 9.62 Å². The molecule has 0 bridgehead atoms. The average molecular weight is 646 g/mol. The summed E-state index contributed by atoms with van der Waals surface area (Å²) in [7, 11) is -2.05. The molecule has 0 spiro atoms. The number of carbonyl (C=O) groups is 1. The second-order valence-corrected chi connectivity index (χ2v) is 15.5. The second kappa shape index (κ2) is 13.9. The van der Waals surface area contributed by atoms with E-state index in [1.54, 1.807) is 11.0 Å². The van der Waals surface area contributed by atoms with Crippen molar-refractivity contribution in [3.63, 3.8) is 0 Å². The lowest BCUT2D eigenvalue weighted by atomic mass is 9.85. The maximum atomic E-state index is 13.1. The predicted molar refractivity (Wildman–Crippen MR) is 183 cm³/mol. The molecule has 2 aliphatic rings. The van der Waals surface area contributed by atoms with Crippen LogP contribution in [0.5, 0.6) is 5.75 Å². The van der Waals surface area contributed by atoms with Crippen LogP contribution < -0.4 is 9.46 Å². The molecule has 0 radical (unpaired) electrons. The Kier molecular flexibility index (Phi) is 10.2. The zero-order valence-corrected chi connectivity index (χ0v) is 28.6. The molecule has 2 aromatic carbocycles. The van der Waals surface area contributed by atoms with Crippen molar-refractivity contribution in [3.05, 3.63) is 77.4 Å². The topological polar surface area (TPSA) is 113 Å². The third-order valence-corrected chi connectivity index (χ3v) is 11.1. The third-order valence-electron chi connectivity index (χ3n) is 9.28. The SMILES string of the molecule is CCN1C(=O)N=NC1(CCCc1ccc(-c2ccc(OC)c(NS(=O)(=O)C3CCCCC3)n2)cc1)Cc1ccc(C(C)(C)C)cc1. The van der Waals surface area contributed by atoms with Gasteiger partial charge in [0.25, 0.3) is 0 Å². The molecule has 5 rings (SSSR count). The van der Waals surface area contributed by atoms with Gasteiger partial charge < -0.3 is 4.74 Å². The van der Waals surface area contributed by atoms with E-state index >= 15 is 0 Å². The molecule has 1 fully saturated rings. The minimum atomic E-state index is -3.57. The number of methoxy groups -OCH3 is 1. The van der Waals surface area contributed by atoms with E-state index in [9.17, 15) is 13.2 Å². The molecule has 2 amide bonds. The molecule has 46 heavy (non-hydrogen) atoms. The first-order valence-corrected chi connectivity index (χ1v) is 18.0. The highest BCUT2D eigenvalue weighted by atomic mass is 32.2. The lowest BCUT2D eigenvalue weighted by molar-refractivity contribution is 0.138. The van der Waals surface area contributed by atoms with Crippen molar-refractivity contribution in [2.75, 3.05) is 18.4 Å². The van der Waals surface area contributed by atoms with Crippen LogP contribution >= 0.6 is 0 Å². The number of pyridine rings is 1. The van der Waals surface area contributed by atoms with Crippen LogP contribution in [-0.4, -0.2) is 48.9 Å². The quantitative estimate of drug-likeness (QED) is 0.213. The molecule has 1 atom stereocenters. The zero-order valence-electron chi connectivity index (χ0n) is 27.8. The largest absolute Gasteiger partial charge is 0.493 e. The number of amides is 2. The van der Waals surface area contributed by atoms with Crippen LogP contribution in [0.2, 0.25) is 0 Å². The molecule has 3 aromatic rings. The van der Waals surface area contributed by atoms with Gasteiger partial charge in [0.1, 0.15) is 0 Å². The number of nitrogens with zero attached hydrogens (tertiary/aromatic N) is 4. The number of carbonyl (C=O) groups excluding carboxylic acids is 1. The van der Waals surface area contributed by atoms with Gasteiger partial charge in [0.15, 0.2) is 17.2 Å². The summed E-state index contributed by atoms with van der Waals surface area (Å²) in [6.45, 7) is 9.13. The fraction of sp³-hybridized carbons (Fsp3) is 0.500.